The van der Waals surface area contributed by atoms with Gasteiger partial charge >= 0.3 is 6.09 Å². The molecule has 98 valence electrons. The average Bonchev–Trinajstić information content (AvgIpc) is 2.18. The maximum absolute atomic E-state index is 11.8. The first kappa shape index (κ1) is 14.0. The fraction of sp³-hybridized carbons (Fsp3) is 0.833. The fourth-order valence-corrected chi connectivity index (χ4v) is 1.94. The van der Waals surface area contributed by atoms with Crippen molar-refractivity contribution >= 4 is 12.4 Å². The molecule has 2 N–H and O–H groups in total. The van der Waals surface area contributed by atoms with Crippen LogP contribution in [0, 0.1) is 5.92 Å². The zero-order valence-electron chi connectivity index (χ0n) is 10.8. The Labute approximate surface area is 102 Å². The Hall–Kier alpha value is -1.10. The predicted octanol–water partition coefficient (Wildman–Crippen LogP) is 1.16. The maximum Gasteiger partial charge on any atom is 0.410 e. The predicted molar refractivity (Wildman–Crippen MR) is 64.6 cm³/mol. The van der Waals surface area contributed by atoms with E-state index < -0.39 is 5.60 Å². The van der Waals surface area contributed by atoms with Crippen molar-refractivity contribution in [3.63, 3.8) is 0 Å². The van der Waals surface area contributed by atoms with Crippen LogP contribution in [0.5, 0.6) is 0 Å². The van der Waals surface area contributed by atoms with E-state index in [0.29, 0.717) is 19.5 Å². The number of aldehydes is 1. The van der Waals surface area contributed by atoms with E-state index in [1.54, 1.807) is 4.90 Å². The maximum atomic E-state index is 11.8. The van der Waals surface area contributed by atoms with Gasteiger partial charge in [0.15, 0.2) is 0 Å². The van der Waals surface area contributed by atoms with Gasteiger partial charge in [0.25, 0.3) is 0 Å². The number of hydrogen-bond donors (Lipinski definition) is 1. The Kier molecular flexibility index (Phi) is 4.51. The molecule has 0 aromatic heterocycles. The minimum absolute atomic E-state index is 0.138. The van der Waals surface area contributed by atoms with E-state index in [1.807, 2.05) is 20.8 Å². The highest BCUT2D eigenvalue weighted by atomic mass is 16.6. The lowest BCUT2D eigenvalue weighted by Gasteiger charge is -2.36. The van der Waals surface area contributed by atoms with Crippen molar-refractivity contribution in [3.8, 4) is 0 Å². The van der Waals surface area contributed by atoms with Crippen molar-refractivity contribution in [1.29, 1.82) is 0 Å². The lowest BCUT2D eigenvalue weighted by atomic mass is 9.90. The number of nitrogens with two attached hydrogens (primary N) is 1. The van der Waals surface area contributed by atoms with E-state index in [2.05, 4.69) is 0 Å². The molecule has 2 atom stereocenters. The number of amides is 1. The van der Waals surface area contributed by atoms with Crippen LogP contribution in [-0.2, 0) is 9.53 Å². The van der Waals surface area contributed by atoms with Crippen molar-refractivity contribution in [1.82, 2.24) is 4.90 Å². The monoisotopic (exact) mass is 242 g/mol. The Bertz CT molecular complexity index is 286. The summed E-state index contributed by atoms with van der Waals surface area (Å²) in [5, 5.41) is 0. The number of nitrogens with zero attached hydrogens (tertiary/aromatic N) is 1. The first-order valence-electron chi connectivity index (χ1n) is 6.00. The first-order chi connectivity index (χ1) is 7.83. The van der Waals surface area contributed by atoms with Gasteiger partial charge in [-0.15, -0.1) is 0 Å². The molecular formula is C12H22N2O3. The molecule has 0 saturated carbocycles. The van der Waals surface area contributed by atoms with Gasteiger partial charge in [-0.3, -0.25) is 0 Å². The number of piperidine rings is 1. The van der Waals surface area contributed by atoms with Crippen LogP contribution in [0.1, 0.15) is 33.6 Å². The molecule has 0 spiro atoms. The van der Waals surface area contributed by atoms with E-state index in [0.717, 1.165) is 12.7 Å². The largest absolute Gasteiger partial charge is 0.444 e. The molecule has 1 rings (SSSR count). The summed E-state index contributed by atoms with van der Waals surface area (Å²) < 4.78 is 5.28. The molecule has 2 unspecified atom stereocenters. The zero-order chi connectivity index (χ0) is 13.1. The molecule has 17 heavy (non-hydrogen) atoms. The minimum Gasteiger partial charge on any atom is -0.444 e. The van der Waals surface area contributed by atoms with Crippen molar-refractivity contribution < 1.29 is 14.3 Å². The normalized spacial score (nSPS) is 25.5. The summed E-state index contributed by atoms with van der Waals surface area (Å²) in [6.07, 6.45) is 1.81. The van der Waals surface area contributed by atoms with Crippen molar-refractivity contribution in [2.75, 3.05) is 13.1 Å². The summed E-state index contributed by atoms with van der Waals surface area (Å²) in [6, 6.07) is -0.138. The summed E-state index contributed by atoms with van der Waals surface area (Å²) >= 11 is 0. The Balaban J connectivity index is 2.49. The summed E-state index contributed by atoms with van der Waals surface area (Å²) in [4.78, 5) is 23.9. The van der Waals surface area contributed by atoms with E-state index in [-0.39, 0.29) is 18.1 Å². The quantitative estimate of drug-likeness (QED) is 0.737. The van der Waals surface area contributed by atoms with Crippen LogP contribution in [0.15, 0.2) is 0 Å². The molecule has 0 aliphatic carbocycles. The fourth-order valence-electron chi connectivity index (χ4n) is 1.94. The average molecular weight is 242 g/mol. The second-order valence-corrected chi connectivity index (χ2v) is 5.54. The molecule has 0 radical (unpaired) electrons. The molecule has 5 nitrogen and oxygen atoms in total. The van der Waals surface area contributed by atoms with Crippen molar-refractivity contribution in [2.24, 2.45) is 11.7 Å². The van der Waals surface area contributed by atoms with Gasteiger partial charge in [-0.05, 0) is 33.1 Å². The lowest BCUT2D eigenvalue weighted by Crippen LogP contribution is -2.51. The highest BCUT2D eigenvalue weighted by Crippen LogP contribution is 2.20. The van der Waals surface area contributed by atoms with Crippen LogP contribution in [0.2, 0.25) is 0 Å². The topological polar surface area (TPSA) is 72.6 Å². The van der Waals surface area contributed by atoms with Gasteiger partial charge in [0, 0.05) is 25.6 Å². The summed E-state index contributed by atoms with van der Waals surface area (Å²) in [7, 11) is 0. The minimum atomic E-state index is -0.485. The van der Waals surface area contributed by atoms with Gasteiger partial charge in [0.2, 0.25) is 0 Å². The van der Waals surface area contributed by atoms with Crippen LogP contribution in [0.3, 0.4) is 0 Å². The summed E-state index contributed by atoms with van der Waals surface area (Å²) in [5.41, 5.74) is 5.46. The van der Waals surface area contributed by atoms with Gasteiger partial charge in [-0.25, -0.2) is 4.79 Å². The Morgan fingerprint density at radius 1 is 1.53 bits per heavy atom. The molecular weight excluding hydrogens is 220 g/mol. The third-order valence-electron chi connectivity index (χ3n) is 2.86. The van der Waals surface area contributed by atoms with Gasteiger partial charge in [0.05, 0.1) is 0 Å². The van der Waals surface area contributed by atoms with Gasteiger partial charge in [-0.2, -0.15) is 0 Å². The highest BCUT2D eigenvalue weighted by Gasteiger charge is 2.31. The Morgan fingerprint density at radius 2 is 2.18 bits per heavy atom. The molecule has 1 aliphatic heterocycles. The third kappa shape index (κ3) is 4.34. The number of ether oxygens (including phenoxy) is 1. The molecule has 5 heteroatoms. The molecule has 1 saturated heterocycles. The number of carbonyl (C=O) groups excluding carboxylic acids is 2. The van der Waals surface area contributed by atoms with E-state index >= 15 is 0 Å². The van der Waals surface area contributed by atoms with E-state index in [9.17, 15) is 9.59 Å². The first-order valence-corrected chi connectivity index (χ1v) is 6.00. The number of rotatable bonds is 2. The van der Waals surface area contributed by atoms with E-state index in [1.165, 1.54) is 0 Å². The van der Waals surface area contributed by atoms with E-state index in [4.69, 9.17) is 10.5 Å². The molecule has 1 heterocycles. The molecule has 1 aliphatic rings. The molecule has 0 aromatic carbocycles. The number of hydrogen-bond acceptors (Lipinski definition) is 4. The number of likely N-dealkylation sites (tertiary alicyclic amines) is 1. The summed E-state index contributed by atoms with van der Waals surface area (Å²) in [6.45, 7) is 6.59. The van der Waals surface area contributed by atoms with Gasteiger partial charge in [0.1, 0.15) is 11.9 Å². The summed E-state index contributed by atoms with van der Waals surface area (Å²) in [5.74, 6) is 0.186. The van der Waals surface area contributed by atoms with Crippen molar-refractivity contribution in [3.05, 3.63) is 0 Å². The zero-order valence-corrected chi connectivity index (χ0v) is 10.8. The van der Waals surface area contributed by atoms with Crippen LogP contribution in [-0.4, -0.2) is 42.0 Å². The van der Waals surface area contributed by atoms with Crippen LogP contribution in [0.4, 0.5) is 4.79 Å². The second kappa shape index (κ2) is 5.49. The van der Waals surface area contributed by atoms with Crippen LogP contribution in [0.25, 0.3) is 0 Å². The Morgan fingerprint density at radius 3 is 2.65 bits per heavy atom. The lowest BCUT2D eigenvalue weighted by molar-refractivity contribution is -0.109. The smallest absolute Gasteiger partial charge is 0.410 e. The molecule has 1 amide bonds. The number of carbonyl (C=O) groups is 2. The van der Waals surface area contributed by atoms with Crippen LogP contribution >= 0.6 is 0 Å². The molecule has 0 aromatic rings. The third-order valence-corrected chi connectivity index (χ3v) is 2.86. The van der Waals surface area contributed by atoms with Gasteiger partial charge < -0.3 is 20.2 Å². The van der Waals surface area contributed by atoms with Gasteiger partial charge in [-0.1, -0.05) is 0 Å². The molecule has 0 bridgehead atoms. The van der Waals surface area contributed by atoms with Crippen LogP contribution < -0.4 is 5.73 Å². The highest BCUT2D eigenvalue weighted by molar-refractivity contribution is 5.68. The molecule has 1 fully saturated rings. The second-order valence-electron chi connectivity index (χ2n) is 5.54. The SMILES string of the molecule is CC(C)(C)OC(=O)N1CCC(CC=O)C(N)C1. The standard InChI is InChI=1S/C12H22N2O3/c1-12(2,3)17-11(16)14-6-4-9(5-7-15)10(13)8-14/h7,9-10H,4-6,8,13H2,1-3H3. The van der Waals surface area contributed by atoms with Crippen molar-refractivity contribution in [2.45, 2.75) is 45.3 Å².